The molecule has 224 valence electrons. The van der Waals surface area contributed by atoms with Gasteiger partial charge in [-0.25, -0.2) is 4.39 Å². The number of hydrogen-bond donors (Lipinski definition) is 1. The average molecular weight is 604 g/mol. The molecule has 4 fully saturated rings. The predicted octanol–water partition coefficient (Wildman–Crippen LogP) is 5.72. The summed E-state index contributed by atoms with van der Waals surface area (Å²) < 4.78 is 29.7. The standard InChI is InChI=1S/C32H35ClFN7O2/c33-23-11-24-21(13-36-39-24)26-25(23)20-10-19(20)16-42-15-18-4-1-7-40(14-18)30-22-12-35-29(26)27(34)28(22)37-31(38-30)43-17-32-5-2-8-41(32)9-3-6-32/h11-13,18-20H,1-10,14-17H2,(H,36,39). The van der Waals surface area contributed by atoms with E-state index in [1.54, 1.807) is 12.4 Å². The number of piperidine rings is 1. The van der Waals surface area contributed by atoms with Crippen molar-refractivity contribution >= 4 is 39.2 Å². The summed E-state index contributed by atoms with van der Waals surface area (Å²) in [5.41, 5.74) is 2.86. The number of H-pyrrole nitrogens is 1. The molecule has 3 aromatic heterocycles. The average Bonchev–Trinajstić information content (AvgIpc) is 3.30. The molecular formula is C32H35ClFN7O2. The molecule has 3 saturated heterocycles. The summed E-state index contributed by atoms with van der Waals surface area (Å²) >= 11 is 6.93. The Labute approximate surface area is 254 Å². The van der Waals surface area contributed by atoms with Crippen LogP contribution in [-0.4, -0.2) is 81.6 Å². The van der Waals surface area contributed by atoms with Gasteiger partial charge in [0.1, 0.15) is 23.6 Å². The second kappa shape index (κ2) is 9.97. The van der Waals surface area contributed by atoms with Crippen LogP contribution in [0.3, 0.4) is 0 Å². The minimum atomic E-state index is -0.476. The van der Waals surface area contributed by atoms with Crippen LogP contribution < -0.4 is 9.64 Å². The molecule has 10 rings (SSSR count). The number of rotatable bonds is 3. The normalized spacial score (nSPS) is 26.4. The molecule has 3 unspecified atom stereocenters. The zero-order valence-corrected chi connectivity index (χ0v) is 24.9. The number of hydrogen-bond acceptors (Lipinski definition) is 8. The highest BCUT2D eigenvalue weighted by molar-refractivity contribution is 6.33. The van der Waals surface area contributed by atoms with Gasteiger partial charge >= 0.3 is 6.01 Å². The SMILES string of the molecule is Fc1c2ncc3c(nc(OCC45CCCN4CCC5)nc13)N1CCCC(COCC3CC3c3c(Cl)cc4[nH]ncc4c3-2)C1. The highest BCUT2D eigenvalue weighted by Crippen LogP contribution is 2.54. The summed E-state index contributed by atoms with van der Waals surface area (Å²) in [5.74, 6) is 1.09. The maximum atomic E-state index is 17.0. The first-order valence-electron chi connectivity index (χ1n) is 15.8. The number of fused-ring (bicyclic) bond motifs is 5. The van der Waals surface area contributed by atoms with Gasteiger partial charge in [-0.1, -0.05) is 11.6 Å². The van der Waals surface area contributed by atoms with Crippen molar-refractivity contribution in [2.75, 3.05) is 50.9 Å². The molecule has 1 saturated carbocycles. The van der Waals surface area contributed by atoms with Crippen LogP contribution >= 0.6 is 11.6 Å². The first-order chi connectivity index (χ1) is 21.1. The third-order valence-electron chi connectivity index (χ3n) is 10.7. The molecule has 5 aliphatic heterocycles. The van der Waals surface area contributed by atoms with Gasteiger partial charge in [0.05, 0.1) is 35.9 Å². The van der Waals surface area contributed by atoms with Gasteiger partial charge in [-0.2, -0.15) is 15.1 Å². The van der Waals surface area contributed by atoms with E-state index < -0.39 is 5.82 Å². The Bertz CT molecular complexity index is 1740. The van der Waals surface area contributed by atoms with Crippen molar-refractivity contribution in [3.05, 3.63) is 34.9 Å². The van der Waals surface area contributed by atoms with Gasteiger partial charge < -0.3 is 14.4 Å². The van der Waals surface area contributed by atoms with Gasteiger partial charge in [-0.3, -0.25) is 15.0 Å². The lowest BCUT2D eigenvalue weighted by Crippen LogP contribution is -2.43. The van der Waals surface area contributed by atoms with Crippen molar-refractivity contribution < 1.29 is 13.9 Å². The van der Waals surface area contributed by atoms with E-state index in [4.69, 9.17) is 36.0 Å². The van der Waals surface area contributed by atoms with E-state index in [-0.39, 0.29) is 28.7 Å². The van der Waals surface area contributed by atoms with Gasteiger partial charge in [0.15, 0.2) is 5.82 Å². The molecule has 1 N–H and O–H groups in total. The van der Waals surface area contributed by atoms with Crippen LogP contribution in [0.2, 0.25) is 5.02 Å². The zero-order chi connectivity index (χ0) is 28.7. The van der Waals surface area contributed by atoms with Crippen molar-refractivity contribution in [2.45, 2.75) is 56.4 Å². The van der Waals surface area contributed by atoms with E-state index in [2.05, 4.69) is 20.0 Å². The number of ether oxygens (including phenoxy) is 2. The van der Waals surface area contributed by atoms with Gasteiger partial charge in [-0.05, 0) is 87.4 Å². The molecule has 0 radical (unpaired) electrons. The monoisotopic (exact) mass is 603 g/mol. The molecular weight excluding hydrogens is 569 g/mol. The third kappa shape index (κ3) is 4.24. The fourth-order valence-electron chi connectivity index (χ4n) is 8.42. The first kappa shape index (κ1) is 26.3. The van der Waals surface area contributed by atoms with E-state index in [0.29, 0.717) is 53.4 Å². The molecule has 0 spiro atoms. The van der Waals surface area contributed by atoms with E-state index in [1.165, 1.54) is 12.8 Å². The Kier molecular flexibility index (Phi) is 6.11. The number of anilines is 1. The Morgan fingerprint density at radius 2 is 1.98 bits per heavy atom. The Morgan fingerprint density at radius 1 is 1.09 bits per heavy atom. The van der Waals surface area contributed by atoms with E-state index in [1.807, 2.05) is 6.07 Å². The molecule has 3 atom stereocenters. The van der Waals surface area contributed by atoms with Crippen LogP contribution in [0, 0.1) is 17.7 Å². The number of halogens is 2. The highest BCUT2D eigenvalue weighted by Gasteiger charge is 2.45. The molecule has 1 aliphatic carbocycles. The summed E-state index contributed by atoms with van der Waals surface area (Å²) in [7, 11) is 0. The van der Waals surface area contributed by atoms with Crippen molar-refractivity contribution in [1.29, 1.82) is 0 Å². The van der Waals surface area contributed by atoms with Gasteiger partial charge in [0.25, 0.3) is 0 Å². The predicted molar refractivity (Wildman–Crippen MR) is 162 cm³/mol. The molecule has 9 nitrogen and oxygen atoms in total. The number of nitrogens with one attached hydrogen (secondary N) is 1. The largest absolute Gasteiger partial charge is 0.461 e. The van der Waals surface area contributed by atoms with Crippen LogP contribution in [0.1, 0.15) is 56.4 Å². The first-order valence-corrected chi connectivity index (χ1v) is 16.2. The van der Waals surface area contributed by atoms with Crippen molar-refractivity contribution in [1.82, 2.24) is 30.0 Å². The van der Waals surface area contributed by atoms with Crippen molar-refractivity contribution in [3.8, 4) is 17.3 Å². The molecule has 0 amide bonds. The second-order valence-electron chi connectivity index (χ2n) is 13.3. The molecule has 4 aromatic rings. The minimum absolute atomic E-state index is 0.0343. The summed E-state index contributed by atoms with van der Waals surface area (Å²) in [6, 6.07) is 2.13. The number of aromatic nitrogens is 5. The maximum absolute atomic E-state index is 17.0. The van der Waals surface area contributed by atoms with Crippen LogP contribution in [0.4, 0.5) is 10.2 Å². The van der Waals surface area contributed by atoms with Crippen LogP contribution in [-0.2, 0) is 4.74 Å². The van der Waals surface area contributed by atoms with E-state index >= 15 is 4.39 Å². The van der Waals surface area contributed by atoms with Crippen LogP contribution in [0.25, 0.3) is 33.1 Å². The topological polar surface area (TPSA) is 92.3 Å². The minimum Gasteiger partial charge on any atom is -0.461 e. The number of pyridine rings is 1. The van der Waals surface area contributed by atoms with Crippen LogP contribution in [0.15, 0.2) is 18.5 Å². The van der Waals surface area contributed by atoms with E-state index in [9.17, 15) is 0 Å². The lowest BCUT2D eigenvalue weighted by molar-refractivity contribution is 0.0848. The van der Waals surface area contributed by atoms with Crippen LogP contribution in [0.5, 0.6) is 6.01 Å². The summed E-state index contributed by atoms with van der Waals surface area (Å²) in [4.78, 5) is 19.3. The molecule has 8 heterocycles. The summed E-state index contributed by atoms with van der Waals surface area (Å²) in [5, 5.41) is 9.28. The molecule has 6 bridgehead atoms. The molecule has 1 aromatic carbocycles. The van der Waals surface area contributed by atoms with Crippen molar-refractivity contribution in [3.63, 3.8) is 0 Å². The maximum Gasteiger partial charge on any atom is 0.319 e. The zero-order valence-electron chi connectivity index (χ0n) is 24.1. The van der Waals surface area contributed by atoms with Crippen molar-refractivity contribution in [2.24, 2.45) is 11.8 Å². The fraction of sp³-hybridized carbons (Fsp3) is 0.562. The highest BCUT2D eigenvalue weighted by atomic mass is 35.5. The quantitative estimate of drug-likeness (QED) is 0.318. The smallest absolute Gasteiger partial charge is 0.319 e. The van der Waals surface area contributed by atoms with Gasteiger partial charge in [0.2, 0.25) is 0 Å². The van der Waals surface area contributed by atoms with Gasteiger partial charge in [0, 0.05) is 35.3 Å². The lowest BCUT2D eigenvalue weighted by atomic mass is 9.94. The van der Waals surface area contributed by atoms with E-state index in [0.717, 1.165) is 74.7 Å². The fourth-order valence-corrected chi connectivity index (χ4v) is 8.76. The number of aromatic amines is 1. The second-order valence-corrected chi connectivity index (χ2v) is 13.7. The number of benzene rings is 1. The lowest BCUT2D eigenvalue weighted by Gasteiger charge is -2.34. The Balaban J connectivity index is 1.23. The molecule has 6 aliphatic rings. The molecule has 11 heteroatoms. The Hall–Kier alpha value is -3.08. The number of nitrogens with zero attached hydrogens (tertiary/aromatic N) is 6. The van der Waals surface area contributed by atoms with Gasteiger partial charge in [-0.15, -0.1) is 0 Å². The summed E-state index contributed by atoms with van der Waals surface area (Å²) in [6.45, 7) is 5.74. The third-order valence-corrected chi connectivity index (χ3v) is 11.0. The Morgan fingerprint density at radius 3 is 2.86 bits per heavy atom. The molecule has 43 heavy (non-hydrogen) atoms. The summed E-state index contributed by atoms with van der Waals surface area (Å²) in [6.07, 6.45) is 11.1.